The number of aryl methyl sites for hydroxylation is 2. The number of hydrogen-bond acceptors (Lipinski definition) is 7. The van der Waals surface area contributed by atoms with E-state index in [0.717, 1.165) is 11.3 Å². The zero-order valence-corrected chi connectivity index (χ0v) is 16.7. The maximum Gasteiger partial charge on any atom is 0.266 e. The molecular weight excluding hydrogens is 380 g/mol. The van der Waals surface area contributed by atoms with Crippen molar-refractivity contribution in [2.45, 2.75) is 27.0 Å². The van der Waals surface area contributed by atoms with Crippen molar-refractivity contribution in [3.63, 3.8) is 0 Å². The van der Waals surface area contributed by atoms with Crippen molar-refractivity contribution in [1.29, 1.82) is 5.26 Å². The number of anilines is 1. The first kappa shape index (κ1) is 19.3. The molecule has 7 heteroatoms. The Balaban J connectivity index is 1.44. The lowest BCUT2D eigenvalue weighted by atomic mass is 10.1. The normalized spacial score (nSPS) is 10.6. The van der Waals surface area contributed by atoms with E-state index in [4.69, 9.17) is 13.6 Å². The topological polar surface area (TPSA) is 97.1 Å². The molecule has 7 nitrogen and oxygen atoms in total. The number of nitriles is 1. The van der Waals surface area contributed by atoms with Gasteiger partial charge in [0.2, 0.25) is 11.6 Å². The molecule has 0 aliphatic heterocycles. The second-order valence-corrected chi connectivity index (χ2v) is 6.82. The minimum absolute atomic E-state index is 0.165. The molecule has 0 saturated heterocycles. The molecule has 150 valence electrons. The fourth-order valence-corrected chi connectivity index (χ4v) is 2.83. The van der Waals surface area contributed by atoms with E-state index < -0.39 is 0 Å². The smallest absolute Gasteiger partial charge is 0.266 e. The zero-order chi connectivity index (χ0) is 20.9. The van der Waals surface area contributed by atoms with E-state index >= 15 is 0 Å². The van der Waals surface area contributed by atoms with Crippen LogP contribution in [0.5, 0.6) is 5.75 Å². The minimum Gasteiger partial charge on any atom is -0.486 e. The van der Waals surface area contributed by atoms with Crippen LogP contribution >= 0.6 is 0 Å². The predicted molar refractivity (Wildman–Crippen MR) is 111 cm³/mol. The standard InChI is InChI=1S/C23H20N4O3/c1-15-5-6-18(10-16(15)2)28-14-19-7-8-21(29-19)23-27-20(11-24)22(30-23)26-13-17-4-3-9-25-12-17/h3-10,12,26H,13-14H2,1-2H3. The van der Waals surface area contributed by atoms with Crippen LogP contribution in [0.15, 0.2) is 63.7 Å². The third kappa shape index (κ3) is 4.33. The molecule has 30 heavy (non-hydrogen) atoms. The molecule has 0 radical (unpaired) electrons. The van der Waals surface area contributed by atoms with E-state index in [2.05, 4.69) is 22.2 Å². The summed E-state index contributed by atoms with van der Waals surface area (Å²) < 4.78 is 17.3. The summed E-state index contributed by atoms with van der Waals surface area (Å²) in [5, 5.41) is 12.4. The summed E-state index contributed by atoms with van der Waals surface area (Å²) in [6.45, 7) is 4.84. The third-order valence-corrected chi connectivity index (χ3v) is 4.64. The highest BCUT2D eigenvalue weighted by Gasteiger charge is 2.17. The highest BCUT2D eigenvalue weighted by atomic mass is 16.5. The molecule has 0 fully saturated rings. The van der Waals surface area contributed by atoms with Crippen LogP contribution in [0.4, 0.5) is 5.88 Å². The predicted octanol–water partition coefficient (Wildman–Crippen LogP) is 5.01. The van der Waals surface area contributed by atoms with E-state index in [1.54, 1.807) is 24.5 Å². The van der Waals surface area contributed by atoms with Crippen molar-refractivity contribution in [3.8, 4) is 23.5 Å². The number of furan rings is 1. The van der Waals surface area contributed by atoms with E-state index in [0.29, 0.717) is 23.9 Å². The Kier molecular flexibility index (Phi) is 5.48. The second-order valence-electron chi connectivity index (χ2n) is 6.82. The molecule has 1 N–H and O–H groups in total. The van der Waals surface area contributed by atoms with Crippen molar-refractivity contribution >= 4 is 5.88 Å². The number of ether oxygens (including phenoxy) is 1. The SMILES string of the molecule is Cc1ccc(OCc2ccc(-c3nc(C#N)c(NCc4cccnc4)o3)o2)cc1C. The first-order valence-electron chi connectivity index (χ1n) is 9.45. The summed E-state index contributed by atoms with van der Waals surface area (Å²) in [5.74, 6) is 2.36. The van der Waals surface area contributed by atoms with Gasteiger partial charge in [-0.2, -0.15) is 10.2 Å². The quantitative estimate of drug-likeness (QED) is 0.466. The number of nitrogens with one attached hydrogen (secondary N) is 1. The lowest BCUT2D eigenvalue weighted by Crippen LogP contribution is -1.99. The largest absolute Gasteiger partial charge is 0.486 e. The van der Waals surface area contributed by atoms with Crippen molar-refractivity contribution in [1.82, 2.24) is 9.97 Å². The van der Waals surface area contributed by atoms with Crippen LogP contribution in [0.2, 0.25) is 0 Å². The van der Waals surface area contributed by atoms with Gasteiger partial charge >= 0.3 is 0 Å². The number of nitrogens with zero attached hydrogens (tertiary/aromatic N) is 3. The molecule has 3 heterocycles. The Bertz CT molecular complexity index is 1190. The molecule has 0 bridgehead atoms. The molecule has 0 amide bonds. The van der Waals surface area contributed by atoms with Gasteiger partial charge in [0.15, 0.2) is 5.76 Å². The number of hydrogen-bond donors (Lipinski definition) is 1. The van der Waals surface area contributed by atoms with Crippen molar-refractivity contribution < 1.29 is 13.6 Å². The maximum atomic E-state index is 9.36. The molecule has 0 unspecified atom stereocenters. The van der Waals surface area contributed by atoms with Crippen molar-refractivity contribution in [2.75, 3.05) is 5.32 Å². The summed E-state index contributed by atoms with van der Waals surface area (Å²) in [7, 11) is 0. The van der Waals surface area contributed by atoms with Crippen LogP contribution in [0.25, 0.3) is 11.7 Å². The summed E-state index contributed by atoms with van der Waals surface area (Å²) in [5.41, 5.74) is 3.51. The molecule has 1 aromatic carbocycles. The molecule has 0 aliphatic carbocycles. The van der Waals surface area contributed by atoms with E-state index in [9.17, 15) is 5.26 Å². The van der Waals surface area contributed by atoms with Crippen LogP contribution in [0.3, 0.4) is 0 Å². The number of oxazole rings is 1. The number of pyridine rings is 1. The zero-order valence-electron chi connectivity index (χ0n) is 16.7. The molecular formula is C23H20N4O3. The van der Waals surface area contributed by atoms with Gasteiger partial charge in [-0.1, -0.05) is 12.1 Å². The molecule has 4 aromatic rings. The number of benzene rings is 1. The average molecular weight is 400 g/mol. The van der Waals surface area contributed by atoms with Gasteiger partial charge in [-0.05, 0) is 60.9 Å². The lowest BCUT2D eigenvalue weighted by Gasteiger charge is -2.06. The van der Waals surface area contributed by atoms with Gasteiger partial charge in [-0.3, -0.25) is 4.98 Å². The second kappa shape index (κ2) is 8.53. The highest BCUT2D eigenvalue weighted by Crippen LogP contribution is 2.28. The molecule has 0 spiro atoms. The Labute approximate surface area is 174 Å². The Morgan fingerprint density at radius 2 is 2.00 bits per heavy atom. The van der Waals surface area contributed by atoms with E-state index in [1.165, 1.54) is 11.1 Å². The minimum atomic E-state index is 0.165. The van der Waals surface area contributed by atoms with Crippen LogP contribution in [0.1, 0.15) is 28.1 Å². The van der Waals surface area contributed by atoms with Gasteiger partial charge in [0.1, 0.15) is 24.2 Å². The summed E-state index contributed by atoms with van der Waals surface area (Å²) in [6.07, 6.45) is 3.44. The molecule has 4 rings (SSSR count). The van der Waals surface area contributed by atoms with Gasteiger partial charge in [-0.15, -0.1) is 0 Å². The maximum absolute atomic E-state index is 9.36. The summed E-state index contributed by atoms with van der Waals surface area (Å²) >= 11 is 0. The monoisotopic (exact) mass is 400 g/mol. The average Bonchev–Trinajstić information content (AvgIpc) is 3.40. The van der Waals surface area contributed by atoms with Gasteiger partial charge in [0.25, 0.3) is 5.89 Å². The van der Waals surface area contributed by atoms with E-state index in [-0.39, 0.29) is 18.2 Å². The van der Waals surface area contributed by atoms with Gasteiger partial charge < -0.3 is 18.9 Å². The third-order valence-electron chi connectivity index (χ3n) is 4.64. The summed E-state index contributed by atoms with van der Waals surface area (Å²) in [4.78, 5) is 8.29. The fourth-order valence-electron chi connectivity index (χ4n) is 2.83. The lowest BCUT2D eigenvalue weighted by molar-refractivity contribution is 0.271. The van der Waals surface area contributed by atoms with Gasteiger partial charge in [0, 0.05) is 18.9 Å². The number of rotatable bonds is 7. The van der Waals surface area contributed by atoms with Crippen molar-refractivity contribution in [2.24, 2.45) is 0 Å². The highest BCUT2D eigenvalue weighted by molar-refractivity contribution is 5.54. The molecule has 3 aromatic heterocycles. The molecule has 0 aliphatic rings. The van der Waals surface area contributed by atoms with Gasteiger partial charge in [-0.25, -0.2) is 0 Å². The first-order chi connectivity index (χ1) is 14.6. The number of aromatic nitrogens is 2. The Morgan fingerprint density at radius 3 is 2.77 bits per heavy atom. The van der Waals surface area contributed by atoms with Crippen LogP contribution < -0.4 is 10.1 Å². The fraction of sp³-hybridized carbons (Fsp3) is 0.174. The molecule has 0 atom stereocenters. The van der Waals surface area contributed by atoms with Crippen LogP contribution in [-0.2, 0) is 13.2 Å². The van der Waals surface area contributed by atoms with Crippen LogP contribution in [-0.4, -0.2) is 9.97 Å². The van der Waals surface area contributed by atoms with E-state index in [1.807, 2.05) is 43.3 Å². The van der Waals surface area contributed by atoms with Crippen LogP contribution in [0, 0.1) is 25.2 Å². The summed E-state index contributed by atoms with van der Waals surface area (Å²) in [6, 6.07) is 15.3. The Hall–Kier alpha value is -4.05. The first-order valence-corrected chi connectivity index (χ1v) is 9.45. The van der Waals surface area contributed by atoms with Crippen molar-refractivity contribution in [3.05, 3.63) is 83.0 Å². The Morgan fingerprint density at radius 1 is 1.10 bits per heavy atom. The van der Waals surface area contributed by atoms with Gasteiger partial charge in [0.05, 0.1) is 0 Å². The molecule has 0 saturated carbocycles.